The summed E-state index contributed by atoms with van der Waals surface area (Å²) in [5.41, 5.74) is 4.48. The molecule has 0 unspecified atom stereocenters. The first-order chi connectivity index (χ1) is 14.0. The Bertz CT molecular complexity index is 1360. The molecule has 146 valence electrons. The minimum atomic E-state index is 0.291. The second-order valence-electron chi connectivity index (χ2n) is 8.12. The van der Waals surface area contributed by atoms with Gasteiger partial charge in [-0.25, -0.2) is 0 Å². The first-order valence-corrected chi connectivity index (χ1v) is 10.4. The number of aromatic nitrogens is 2. The number of benzene rings is 3. The van der Waals surface area contributed by atoms with Gasteiger partial charge in [0.1, 0.15) is 5.75 Å². The highest BCUT2D eigenvalue weighted by molar-refractivity contribution is 6.34. The van der Waals surface area contributed by atoms with Crippen molar-refractivity contribution in [2.24, 2.45) is 5.92 Å². The molecule has 0 aliphatic rings. The second kappa shape index (κ2) is 6.85. The summed E-state index contributed by atoms with van der Waals surface area (Å²) in [5.74, 6) is 0.901. The maximum absolute atomic E-state index is 10.2. The van der Waals surface area contributed by atoms with Crippen molar-refractivity contribution >= 4 is 44.2 Å². The molecule has 0 spiro atoms. The third-order valence-electron chi connectivity index (χ3n) is 5.77. The minimum absolute atomic E-state index is 0.291. The van der Waals surface area contributed by atoms with E-state index in [-0.39, 0.29) is 0 Å². The van der Waals surface area contributed by atoms with Crippen molar-refractivity contribution in [2.45, 2.75) is 26.8 Å². The van der Waals surface area contributed by atoms with Gasteiger partial charge in [0.15, 0.2) is 0 Å². The fraction of sp³-hybridized carbons (Fsp3) is 0.200. The zero-order chi connectivity index (χ0) is 20.1. The smallest absolute Gasteiger partial charge is 0.116 e. The molecular weight excluding hydrogens is 380 g/mol. The lowest BCUT2D eigenvalue weighted by Crippen LogP contribution is -2.01. The van der Waals surface area contributed by atoms with Crippen LogP contribution in [-0.4, -0.2) is 14.7 Å². The van der Waals surface area contributed by atoms with Gasteiger partial charge < -0.3 is 14.7 Å². The molecule has 3 nitrogen and oxygen atoms in total. The maximum atomic E-state index is 10.2. The van der Waals surface area contributed by atoms with Gasteiger partial charge in [-0.2, -0.15) is 0 Å². The van der Waals surface area contributed by atoms with Crippen molar-refractivity contribution in [3.05, 3.63) is 65.9 Å². The lowest BCUT2D eigenvalue weighted by atomic mass is 9.97. The lowest BCUT2D eigenvalue weighted by Gasteiger charge is -2.12. The van der Waals surface area contributed by atoms with E-state index in [1.807, 2.05) is 42.7 Å². The number of aromatic amines is 1. The SMILES string of the molecule is CC(C)CCn1c2ccc(O)cc2c2c3c[nH]cc3c(-c3ccccc3Cl)cc21. The van der Waals surface area contributed by atoms with Crippen LogP contribution in [0, 0.1) is 5.92 Å². The lowest BCUT2D eigenvalue weighted by molar-refractivity contribution is 0.476. The molecule has 0 fully saturated rings. The fourth-order valence-electron chi connectivity index (χ4n) is 4.33. The van der Waals surface area contributed by atoms with Gasteiger partial charge in [-0.05, 0) is 48.2 Å². The molecule has 2 aromatic heterocycles. The summed E-state index contributed by atoms with van der Waals surface area (Å²) in [7, 11) is 0. The van der Waals surface area contributed by atoms with Crippen LogP contribution in [0.3, 0.4) is 0 Å². The number of nitrogens with zero attached hydrogens (tertiary/aromatic N) is 1. The monoisotopic (exact) mass is 402 g/mol. The number of aryl methyl sites for hydroxylation is 1. The minimum Gasteiger partial charge on any atom is -0.508 e. The summed E-state index contributed by atoms with van der Waals surface area (Å²) in [5, 5.41) is 15.5. The quantitative estimate of drug-likeness (QED) is 0.324. The third-order valence-corrected chi connectivity index (χ3v) is 6.10. The van der Waals surface area contributed by atoms with Crippen molar-refractivity contribution in [2.75, 3.05) is 0 Å². The first-order valence-electron chi connectivity index (χ1n) is 10.0. The molecule has 0 atom stereocenters. The van der Waals surface area contributed by atoms with E-state index in [9.17, 15) is 5.11 Å². The molecule has 0 saturated heterocycles. The van der Waals surface area contributed by atoms with E-state index < -0.39 is 0 Å². The van der Waals surface area contributed by atoms with Gasteiger partial charge >= 0.3 is 0 Å². The Morgan fingerprint density at radius 1 is 0.931 bits per heavy atom. The molecule has 0 aliphatic carbocycles. The van der Waals surface area contributed by atoms with E-state index in [1.165, 1.54) is 10.9 Å². The van der Waals surface area contributed by atoms with E-state index in [4.69, 9.17) is 11.6 Å². The van der Waals surface area contributed by atoms with Gasteiger partial charge in [-0.3, -0.25) is 0 Å². The molecule has 0 aliphatic heterocycles. The van der Waals surface area contributed by atoms with Crippen LogP contribution in [0.4, 0.5) is 0 Å². The van der Waals surface area contributed by atoms with Crippen molar-refractivity contribution in [1.29, 1.82) is 0 Å². The number of aromatic hydroxyl groups is 1. The average molecular weight is 403 g/mol. The van der Waals surface area contributed by atoms with Gasteiger partial charge in [0.25, 0.3) is 0 Å². The van der Waals surface area contributed by atoms with E-state index in [0.717, 1.165) is 50.8 Å². The Hall–Kier alpha value is -2.91. The summed E-state index contributed by atoms with van der Waals surface area (Å²) in [6.07, 6.45) is 5.17. The van der Waals surface area contributed by atoms with E-state index in [1.54, 1.807) is 6.07 Å². The van der Waals surface area contributed by atoms with Crippen LogP contribution in [0.2, 0.25) is 5.02 Å². The summed E-state index contributed by atoms with van der Waals surface area (Å²) in [4.78, 5) is 3.28. The zero-order valence-electron chi connectivity index (χ0n) is 16.5. The largest absolute Gasteiger partial charge is 0.508 e. The average Bonchev–Trinajstić information content (AvgIpc) is 3.28. The van der Waals surface area contributed by atoms with Crippen LogP contribution in [0.5, 0.6) is 5.75 Å². The van der Waals surface area contributed by atoms with Gasteiger partial charge in [0.05, 0.1) is 5.52 Å². The molecule has 0 saturated carbocycles. The highest BCUT2D eigenvalue weighted by atomic mass is 35.5. The number of halogens is 1. The Morgan fingerprint density at radius 2 is 1.72 bits per heavy atom. The number of fused-ring (bicyclic) bond motifs is 5. The van der Waals surface area contributed by atoms with E-state index >= 15 is 0 Å². The number of phenols is 1. The van der Waals surface area contributed by atoms with Crippen LogP contribution < -0.4 is 0 Å². The van der Waals surface area contributed by atoms with Gasteiger partial charge in [0, 0.05) is 56.6 Å². The predicted octanol–water partition coefficient (Wildman–Crippen LogP) is 7.35. The molecule has 2 heterocycles. The summed E-state index contributed by atoms with van der Waals surface area (Å²) in [6.45, 7) is 5.43. The second-order valence-corrected chi connectivity index (χ2v) is 8.52. The summed E-state index contributed by atoms with van der Waals surface area (Å²) in [6, 6.07) is 15.9. The van der Waals surface area contributed by atoms with Crippen LogP contribution in [0.15, 0.2) is 60.9 Å². The Morgan fingerprint density at radius 3 is 2.52 bits per heavy atom. The van der Waals surface area contributed by atoms with Gasteiger partial charge in [-0.15, -0.1) is 0 Å². The molecule has 5 aromatic rings. The molecule has 5 rings (SSSR count). The van der Waals surface area contributed by atoms with Gasteiger partial charge in [0.2, 0.25) is 0 Å². The first kappa shape index (κ1) is 18.1. The molecular formula is C25H23ClN2O. The van der Waals surface area contributed by atoms with Crippen molar-refractivity contribution in [1.82, 2.24) is 9.55 Å². The van der Waals surface area contributed by atoms with Crippen LogP contribution in [0.25, 0.3) is 43.7 Å². The van der Waals surface area contributed by atoms with Crippen molar-refractivity contribution < 1.29 is 5.11 Å². The molecule has 3 aromatic carbocycles. The number of H-pyrrole nitrogens is 1. The number of rotatable bonds is 4. The normalized spacial score (nSPS) is 12.0. The van der Waals surface area contributed by atoms with E-state index in [0.29, 0.717) is 11.7 Å². The maximum Gasteiger partial charge on any atom is 0.116 e. The van der Waals surface area contributed by atoms with Crippen molar-refractivity contribution in [3.63, 3.8) is 0 Å². The number of hydrogen-bond acceptors (Lipinski definition) is 1. The Labute approximate surface area is 174 Å². The highest BCUT2D eigenvalue weighted by Crippen LogP contribution is 2.42. The Kier molecular flexibility index (Phi) is 4.29. The number of hydrogen-bond donors (Lipinski definition) is 2. The molecule has 29 heavy (non-hydrogen) atoms. The molecule has 0 amide bonds. The zero-order valence-corrected chi connectivity index (χ0v) is 17.3. The van der Waals surface area contributed by atoms with Crippen LogP contribution in [0.1, 0.15) is 20.3 Å². The Balaban J connectivity index is 1.92. The highest BCUT2D eigenvalue weighted by Gasteiger charge is 2.18. The standard InChI is InChI=1S/C25H23ClN2O/c1-15(2)9-10-28-23-8-7-16(29)11-19(23)25-21-14-27-13-20(21)18(12-24(25)28)17-5-3-4-6-22(17)26/h3-8,11-15,27,29H,9-10H2,1-2H3. The fourth-order valence-corrected chi connectivity index (χ4v) is 4.57. The number of nitrogens with one attached hydrogen (secondary N) is 1. The molecule has 0 bridgehead atoms. The van der Waals surface area contributed by atoms with E-state index in [2.05, 4.69) is 35.5 Å². The molecule has 0 radical (unpaired) electrons. The van der Waals surface area contributed by atoms with Crippen molar-refractivity contribution in [3.8, 4) is 16.9 Å². The number of phenolic OH excluding ortho intramolecular Hbond substituents is 1. The third kappa shape index (κ3) is 2.89. The summed E-state index contributed by atoms with van der Waals surface area (Å²) < 4.78 is 2.39. The van der Waals surface area contributed by atoms with Crippen LogP contribution >= 0.6 is 11.6 Å². The summed E-state index contributed by atoms with van der Waals surface area (Å²) >= 11 is 6.57. The van der Waals surface area contributed by atoms with Crippen LogP contribution in [-0.2, 0) is 6.54 Å². The molecule has 4 heteroatoms. The van der Waals surface area contributed by atoms with Gasteiger partial charge in [-0.1, -0.05) is 43.6 Å². The molecule has 2 N–H and O–H groups in total. The topological polar surface area (TPSA) is 41.0 Å². The predicted molar refractivity (Wildman–Crippen MR) is 123 cm³/mol.